The van der Waals surface area contributed by atoms with Gasteiger partial charge in [-0.25, -0.2) is 4.98 Å². The number of benzene rings is 1. The summed E-state index contributed by atoms with van der Waals surface area (Å²) in [6, 6.07) is 5.85. The normalized spacial score (nSPS) is 16.1. The first-order chi connectivity index (χ1) is 15.5. The van der Waals surface area contributed by atoms with Crippen LogP contribution in [0.4, 0.5) is 30.5 Å². The maximum atomic E-state index is 13.1. The summed E-state index contributed by atoms with van der Waals surface area (Å²) in [5.41, 5.74) is 1.26. The minimum Gasteiger partial charge on any atom is -0.481 e. The lowest BCUT2D eigenvalue weighted by molar-refractivity contribution is -0.141. The molecule has 2 heterocycles. The summed E-state index contributed by atoms with van der Waals surface area (Å²) in [5, 5.41) is 12.2. The third-order valence-electron chi connectivity index (χ3n) is 5.71. The Bertz CT molecular complexity index is 939. The Labute approximate surface area is 191 Å². The molecular weight excluding hydrogens is 437 g/mol. The van der Waals surface area contributed by atoms with E-state index in [1.807, 2.05) is 25.1 Å². The molecule has 1 aromatic carbocycles. The SMILES string of the molecule is CC(C)CN(c1ccc([C@H](C)CC(=O)O)cc1Nc1ncc(C(F)(F)F)[nH]1)C1CCOCC1. The van der Waals surface area contributed by atoms with E-state index in [4.69, 9.17) is 4.74 Å². The Balaban J connectivity index is 2.01. The molecule has 0 amide bonds. The second kappa shape index (κ2) is 10.5. The number of aromatic nitrogens is 2. The standard InChI is InChI=1S/C23H31F3N4O3/c1-14(2)13-30(17-6-8-33-9-7-17)19-5-4-16(15(3)10-21(31)32)11-18(19)28-22-27-12-20(29-22)23(24,25)26/h4-5,11-12,14-15,17H,6-10,13H2,1-3H3,(H,31,32)(H2,27,28,29)/t15-/m1/s1. The number of halogens is 3. The summed E-state index contributed by atoms with van der Waals surface area (Å²) < 4.78 is 44.7. The van der Waals surface area contributed by atoms with Crippen LogP contribution in [0.3, 0.4) is 0 Å². The van der Waals surface area contributed by atoms with E-state index in [0.29, 0.717) is 24.8 Å². The highest BCUT2D eigenvalue weighted by Gasteiger charge is 2.33. The number of anilines is 3. The van der Waals surface area contributed by atoms with E-state index in [1.165, 1.54) is 0 Å². The number of hydrogen-bond donors (Lipinski definition) is 3. The fourth-order valence-corrected chi connectivity index (χ4v) is 4.08. The van der Waals surface area contributed by atoms with Crippen LogP contribution < -0.4 is 10.2 Å². The average molecular weight is 469 g/mol. The van der Waals surface area contributed by atoms with Crippen LogP contribution in [0, 0.1) is 5.92 Å². The van der Waals surface area contributed by atoms with Crippen LogP contribution in [-0.4, -0.2) is 46.8 Å². The molecule has 3 rings (SSSR count). The summed E-state index contributed by atoms with van der Waals surface area (Å²) in [7, 11) is 0. The molecule has 1 atom stereocenters. The molecule has 1 saturated heterocycles. The zero-order valence-electron chi connectivity index (χ0n) is 19.1. The molecule has 2 aromatic rings. The Morgan fingerprint density at radius 1 is 1.30 bits per heavy atom. The van der Waals surface area contributed by atoms with E-state index in [0.717, 1.165) is 36.8 Å². The molecule has 0 unspecified atom stereocenters. The van der Waals surface area contributed by atoms with E-state index in [9.17, 15) is 23.1 Å². The van der Waals surface area contributed by atoms with Crippen molar-refractivity contribution in [2.75, 3.05) is 30.0 Å². The van der Waals surface area contributed by atoms with Gasteiger partial charge in [-0.15, -0.1) is 0 Å². The van der Waals surface area contributed by atoms with Crippen LogP contribution in [0.25, 0.3) is 0 Å². The number of H-pyrrole nitrogens is 1. The van der Waals surface area contributed by atoms with Crippen LogP contribution in [0.15, 0.2) is 24.4 Å². The molecule has 10 heteroatoms. The first-order valence-electron chi connectivity index (χ1n) is 11.1. The first kappa shape index (κ1) is 24.9. The maximum Gasteiger partial charge on any atom is 0.432 e. The van der Waals surface area contributed by atoms with Crippen LogP contribution in [0.1, 0.15) is 57.2 Å². The maximum absolute atomic E-state index is 13.1. The van der Waals surface area contributed by atoms with Crippen molar-refractivity contribution in [3.8, 4) is 0 Å². The topological polar surface area (TPSA) is 90.5 Å². The largest absolute Gasteiger partial charge is 0.481 e. The number of imidazole rings is 1. The molecule has 33 heavy (non-hydrogen) atoms. The van der Waals surface area contributed by atoms with Crippen molar-refractivity contribution >= 4 is 23.3 Å². The Kier molecular flexibility index (Phi) is 7.88. The molecule has 1 aromatic heterocycles. The number of alkyl halides is 3. The van der Waals surface area contributed by atoms with Crippen molar-refractivity contribution < 1.29 is 27.8 Å². The van der Waals surface area contributed by atoms with Gasteiger partial charge in [0.05, 0.1) is 24.0 Å². The van der Waals surface area contributed by atoms with Crippen molar-refractivity contribution in [2.45, 2.75) is 58.2 Å². The van der Waals surface area contributed by atoms with Gasteiger partial charge < -0.3 is 25.0 Å². The van der Waals surface area contributed by atoms with Crippen molar-refractivity contribution in [3.63, 3.8) is 0 Å². The van der Waals surface area contributed by atoms with Gasteiger partial charge in [-0.1, -0.05) is 26.8 Å². The fraction of sp³-hybridized carbons (Fsp3) is 0.565. The number of carbonyl (C=O) groups is 1. The molecule has 1 fully saturated rings. The zero-order chi connectivity index (χ0) is 24.2. The number of hydrogen-bond acceptors (Lipinski definition) is 5. The second-order valence-electron chi connectivity index (χ2n) is 8.93. The Hall–Kier alpha value is -2.75. The number of aromatic amines is 1. The molecular formula is C23H31F3N4O3. The number of nitrogens with zero attached hydrogens (tertiary/aromatic N) is 2. The zero-order valence-corrected chi connectivity index (χ0v) is 19.1. The van der Waals surface area contributed by atoms with Gasteiger partial charge in [0, 0.05) is 25.8 Å². The van der Waals surface area contributed by atoms with Gasteiger partial charge in [-0.3, -0.25) is 4.79 Å². The minimum absolute atomic E-state index is 0.0249. The molecule has 182 valence electrons. The predicted octanol–water partition coefficient (Wildman–Crippen LogP) is 5.39. The van der Waals surface area contributed by atoms with E-state index in [-0.39, 0.29) is 24.3 Å². The highest BCUT2D eigenvalue weighted by Crippen LogP contribution is 2.36. The summed E-state index contributed by atoms with van der Waals surface area (Å²) in [6.07, 6.45) is -2.12. The summed E-state index contributed by atoms with van der Waals surface area (Å²) >= 11 is 0. The van der Waals surface area contributed by atoms with Gasteiger partial charge in [0.15, 0.2) is 0 Å². The van der Waals surface area contributed by atoms with Crippen LogP contribution in [0.2, 0.25) is 0 Å². The smallest absolute Gasteiger partial charge is 0.432 e. The number of carboxylic acids is 1. The number of nitrogens with one attached hydrogen (secondary N) is 2. The molecule has 1 aliphatic heterocycles. The number of ether oxygens (including phenoxy) is 1. The van der Waals surface area contributed by atoms with E-state index in [1.54, 1.807) is 0 Å². The third-order valence-corrected chi connectivity index (χ3v) is 5.71. The number of carboxylic acid groups (broad SMARTS) is 1. The average Bonchev–Trinajstić information content (AvgIpc) is 3.21. The molecule has 0 saturated carbocycles. The van der Waals surface area contributed by atoms with E-state index in [2.05, 4.69) is 34.0 Å². The van der Waals surface area contributed by atoms with Crippen molar-refractivity contribution in [1.29, 1.82) is 0 Å². The van der Waals surface area contributed by atoms with E-state index >= 15 is 0 Å². The van der Waals surface area contributed by atoms with Gasteiger partial charge in [-0.2, -0.15) is 13.2 Å². The first-order valence-corrected chi connectivity index (χ1v) is 11.1. The van der Waals surface area contributed by atoms with Crippen molar-refractivity contribution in [3.05, 3.63) is 35.7 Å². The monoisotopic (exact) mass is 468 g/mol. The minimum atomic E-state index is -4.53. The number of aliphatic carboxylic acids is 1. The summed E-state index contributed by atoms with van der Waals surface area (Å²) in [4.78, 5) is 19.6. The molecule has 0 spiro atoms. The Morgan fingerprint density at radius 2 is 2.00 bits per heavy atom. The molecule has 0 radical (unpaired) electrons. The lowest BCUT2D eigenvalue weighted by Gasteiger charge is -2.38. The summed E-state index contributed by atoms with van der Waals surface area (Å²) in [5.74, 6) is -0.846. The van der Waals surface area contributed by atoms with Crippen molar-refractivity contribution in [1.82, 2.24) is 9.97 Å². The quantitative estimate of drug-likeness (QED) is 0.457. The molecule has 1 aliphatic rings. The summed E-state index contributed by atoms with van der Waals surface area (Å²) in [6.45, 7) is 8.11. The highest BCUT2D eigenvalue weighted by molar-refractivity contribution is 5.75. The number of rotatable bonds is 9. The molecule has 0 bridgehead atoms. The van der Waals surface area contributed by atoms with Gasteiger partial charge in [0.1, 0.15) is 5.69 Å². The van der Waals surface area contributed by atoms with Gasteiger partial charge in [0.2, 0.25) is 5.95 Å². The van der Waals surface area contributed by atoms with Gasteiger partial charge in [0.25, 0.3) is 0 Å². The van der Waals surface area contributed by atoms with Crippen LogP contribution >= 0.6 is 0 Å². The molecule has 3 N–H and O–H groups in total. The lowest BCUT2D eigenvalue weighted by Crippen LogP contribution is -2.42. The van der Waals surface area contributed by atoms with E-state index < -0.39 is 17.8 Å². The Morgan fingerprint density at radius 3 is 2.58 bits per heavy atom. The lowest BCUT2D eigenvalue weighted by atomic mass is 9.95. The predicted molar refractivity (Wildman–Crippen MR) is 120 cm³/mol. The highest BCUT2D eigenvalue weighted by atomic mass is 19.4. The fourth-order valence-electron chi connectivity index (χ4n) is 4.08. The van der Waals surface area contributed by atoms with Crippen LogP contribution in [0.5, 0.6) is 0 Å². The van der Waals surface area contributed by atoms with Crippen molar-refractivity contribution in [2.24, 2.45) is 5.92 Å². The second-order valence-corrected chi connectivity index (χ2v) is 8.93. The molecule has 7 nitrogen and oxygen atoms in total. The third kappa shape index (κ3) is 6.63. The molecule has 0 aliphatic carbocycles. The van der Waals surface area contributed by atoms with Gasteiger partial charge >= 0.3 is 12.1 Å². The van der Waals surface area contributed by atoms with Crippen LogP contribution in [-0.2, 0) is 15.7 Å². The van der Waals surface area contributed by atoms with Gasteiger partial charge in [-0.05, 0) is 42.4 Å².